The Morgan fingerprint density at radius 1 is 1.55 bits per heavy atom. The number of nitrogens with two attached hydrogens (primary N) is 1. The Kier molecular flexibility index (Phi) is 3.34. The predicted octanol–water partition coefficient (Wildman–Crippen LogP) is 1.40. The van der Waals surface area contributed by atoms with Gasteiger partial charge in [0.1, 0.15) is 0 Å². The molecule has 0 radical (unpaired) electrons. The van der Waals surface area contributed by atoms with Crippen molar-refractivity contribution >= 4 is 0 Å². The van der Waals surface area contributed by atoms with Crippen LogP contribution < -0.4 is 5.73 Å². The highest BCUT2D eigenvalue weighted by Crippen LogP contribution is 2.24. The summed E-state index contributed by atoms with van der Waals surface area (Å²) in [5, 5.41) is 0. The van der Waals surface area contributed by atoms with Crippen molar-refractivity contribution in [1.82, 2.24) is 0 Å². The van der Waals surface area contributed by atoms with E-state index in [1.54, 1.807) is 0 Å². The van der Waals surface area contributed by atoms with Gasteiger partial charge in [0.05, 0.1) is 6.10 Å². The third-order valence-electron chi connectivity index (χ3n) is 2.45. The zero-order valence-corrected chi connectivity index (χ0v) is 7.55. The molecule has 0 amide bonds. The molecule has 0 aromatic heterocycles. The molecule has 1 rings (SSSR count). The van der Waals surface area contributed by atoms with E-state index in [1.165, 1.54) is 12.8 Å². The van der Waals surface area contributed by atoms with Gasteiger partial charge in [0.2, 0.25) is 0 Å². The molecule has 1 heterocycles. The molecule has 0 aromatic carbocycles. The van der Waals surface area contributed by atoms with Gasteiger partial charge in [-0.15, -0.1) is 0 Å². The van der Waals surface area contributed by atoms with Gasteiger partial charge in [-0.1, -0.05) is 13.8 Å². The van der Waals surface area contributed by atoms with Crippen LogP contribution in [0.1, 0.15) is 26.7 Å². The minimum Gasteiger partial charge on any atom is -0.378 e. The van der Waals surface area contributed by atoms with Crippen LogP contribution in [-0.2, 0) is 4.74 Å². The minimum absolute atomic E-state index is 0.411. The van der Waals surface area contributed by atoms with E-state index < -0.39 is 0 Å². The van der Waals surface area contributed by atoms with Crippen LogP contribution in [0.25, 0.3) is 0 Å². The molecule has 2 N–H and O–H groups in total. The third-order valence-corrected chi connectivity index (χ3v) is 2.45. The SMILES string of the molecule is CC(C)[C@@H]1OCCC[C@@H]1CN. The summed E-state index contributed by atoms with van der Waals surface area (Å²) >= 11 is 0. The summed E-state index contributed by atoms with van der Waals surface area (Å²) < 4.78 is 5.66. The summed E-state index contributed by atoms with van der Waals surface area (Å²) in [7, 11) is 0. The van der Waals surface area contributed by atoms with Gasteiger partial charge in [-0.25, -0.2) is 0 Å². The third kappa shape index (κ3) is 2.17. The van der Waals surface area contributed by atoms with Gasteiger partial charge < -0.3 is 10.5 Å². The van der Waals surface area contributed by atoms with Crippen molar-refractivity contribution in [3.63, 3.8) is 0 Å². The first-order valence-electron chi connectivity index (χ1n) is 4.57. The fraction of sp³-hybridized carbons (Fsp3) is 1.00. The molecule has 1 saturated heterocycles. The Balaban J connectivity index is 2.44. The maximum atomic E-state index is 5.66. The molecule has 2 atom stereocenters. The van der Waals surface area contributed by atoms with Crippen LogP contribution in [0.4, 0.5) is 0 Å². The molecule has 0 saturated carbocycles. The van der Waals surface area contributed by atoms with Gasteiger partial charge in [-0.05, 0) is 31.2 Å². The molecule has 0 aliphatic carbocycles. The molecule has 66 valence electrons. The van der Waals surface area contributed by atoms with E-state index in [2.05, 4.69) is 13.8 Å². The quantitative estimate of drug-likeness (QED) is 0.657. The molecule has 1 aliphatic rings. The monoisotopic (exact) mass is 157 g/mol. The zero-order chi connectivity index (χ0) is 8.27. The number of hydrogen-bond acceptors (Lipinski definition) is 2. The number of hydrogen-bond donors (Lipinski definition) is 1. The fourth-order valence-corrected chi connectivity index (χ4v) is 1.85. The van der Waals surface area contributed by atoms with Crippen LogP contribution in [0.5, 0.6) is 0 Å². The molecule has 2 heteroatoms. The maximum Gasteiger partial charge on any atom is 0.0638 e. The van der Waals surface area contributed by atoms with Crippen molar-refractivity contribution in [1.29, 1.82) is 0 Å². The lowest BCUT2D eigenvalue weighted by atomic mass is 9.88. The van der Waals surface area contributed by atoms with Crippen molar-refractivity contribution in [2.24, 2.45) is 17.6 Å². The molecular weight excluding hydrogens is 138 g/mol. The predicted molar refractivity (Wildman–Crippen MR) is 46.4 cm³/mol. The summed E-state index contributed by atoms with van der Waals surface area (Å²) in [5.41, 5.74) is 5.65. The maximum absolute atomic E-state index is 5.66. The van der Waals surface area contributed by atoms with Crippen molar-refractivity contribution in [3.05, 3.63) is 0 Å². The topological polar surface area (TPSA) is 35.2 Å². The Bertz CT molecular complexity index is 114. The van der Waals surface area contributed by atoms with Gasteiger partial charge in [0, 0.05) is 6.61 Å². The van der Waals surface area contributed by atoms with Gasteiger partial charge in [-0.3, -0.25) is 0 Å². The van der Waals surface area contributed by atoms with Crippen LogP contribution >= 0.6 is 0 Å². The molecule has 0 unspecified atom stereocenters. The van der Waals surface area contributed by atoms with Crippen molar-refractivity contribution in [2.75, 3.05) is 13.2 Å². The first-order valence-corrected chi connectivity index (χ1v) is 4.57. The smallest absolute Gasteiger partial charge is 0.0638 e. The normalized spacial score (nSPS) is 32.7. The van der Waals surface area contributed by atoms with E-state index in [9.17, 15) is 0 Å². The van der Waals surface area contributed by atoms with E-state index in [0.29, 0.717) is 17.9 Å². The molecule has 0 aromatic rings. The van der Waals surface area contributed by atoms with Crippen molar-refractivity contribution in [3.8, 4) is 0 Å². The van der Waals surface area contributed by atoms with Crippen LogP contribution in [0.3, 0.4) is 0 Å². The van der Waals surface area contributed by atoms with Crippen LogP contribution in [0.15, 0.2) is 0 Å². The average Bonchev–Trinajstić information content (AvgIpc) is 2.04. The fourth-order valence-electron chi connectivity index (χ4n) is 1.85. The second-order valence-electron chi connectivity index (χ2n) is 3.72. The van der Waals surface area contributed by atoms with Crippen molar-refractivity contribution < 1.29 is 4.74 Å². The highest BCUT2D eigenvalue weighted by molar-refractivity contribution is 4.77. The lowest BCUT2D eigenvalue weighted by Gasteiger charge is -2.33. The highest BCUT2D eigenvalue weighted by Gasteiger charge is 2.26. The lowest BCUT2D eigenvalue weighted by molar-refractivity contribution is -0.0492. The van der Waals surface area contributed by atoms with Gasteiger partial charge in [0.25, 0.3) is 0 Å². The van der Waals surface area contributed by atoms with E-state index in [-0.39, 0.29) is 0 Å². The first kappa shape index (κ1) is 9.01. The van der Waals surface area contributed by atoms with E-state index in [1.807, 2.05) is 0 Å². The molecule has 0 spiro atoms. The average molecular weight is 157 g/mol. The Morgan fingerprint density at radius 2 is 2.27 bits per heavy atom. The summed E-state index contributed by atoms with van der Waals surface area (Å²) in [6.07, 6.45) is 2.85. The second-order valence-corrected chi connectivity index (χ2v) is 3.72. The molecule has 2 nitrogen and oxygen atoms in total. The summed E-state index contributed by atoms with van der Waals surface area (Å²) in [6, 6.07) is 0. The second kappa shape index (κ2) is 4.07. The largest absolute Gasteiger partial charge is 0.378 e. The minimum atomic E-state index is 0.411. The van der Waals surface area contributed by atoms with Gasteiger partial charge >= 0.3 is 0 Å². The summed E-state index contributed by atoms with van der Waals surface area (Å²) in [6.45, 7) is 6.12. The van der Waals surface area contributed by atoms with E-state index in [0.717, 1.165) is 13.2 Å². The lowest BCUT2D eigenvalue weighted by Crippen LogP contribution is -2.37. The Morgan fingerprint density at radius 3 is 2.73 bits per heavy atom. The summed E-state index contributed by atoms with van der Waals surface area (Å²) in [5.74, 6) is 1.22. The number of ether oxygens (including phenoxy) is 1. The molecule has 1 aliphatic heterocycles. The van der Waals surface area contributed by atoms with Crippen LogP contribution in [-0.4, -0.2) is 19.3 Å². The highest BCUT2D eigenvalue weighted by atomic mass is 16.5. The molecule has 11 heavy (non-hydrogen) atoms. The first-order chi connectivity index (χ1) is 5.25. The molecular formula is C9H19NO. The summed E-state index contributed by atoms with van der Waals surface area (Å²) in [4.78, 5) is 0. The Hall–Kier alpha value is -0.0800. The number of rotatable bonds is 2. The van der Waals surface area contributed by atoms with Crippen LogP contribution in [0, 0.1) is 11.8 Å². The zero-order valence-electron chi connectivity index (χ0n) is 7.55. The van der Waals surface area contributed by atoms with Crippen LogP contribution in [0.2, 0.25) is 0 Å². The van der Waals surface area contributed by atoms with E-state index >= 15 is 0 Å². The standard InChI is InChI=1S/C9H19NO/c1-7(2)9-8(6-10)4-3-5-11-9/h7-9H,3-6,10H2,1-2H3/t8-,9+/m1/s1. The molecule has 1 fully saturated rings. The molecule has 0 bridgehead atoms. The van der Waals surface area contributed by atoms with E-state index in [4.69, 9.17) is 10.5 Å². The van der Waals surface area contributed by atoms with Gasteiger partial charge in [-0.2, -0.15) is 0 Å². The Labute approximate surface area is 69.1 Å². The van der Waals surface area contributed by atoms with Gasteiger partial charge in [0.15, 0.2) is 0 Å². The van der Waals surface area contributed by atoms with Crippen molar-refractivity contribution in [2.45, 2.75) is 32.8 Å².